The van der Waals surface area contributed by atoms with Gasteiger partial charge in [-0.3, -0.25) is 4.79 Å². The predicted molar refractivity (Wildman–Crippen MR) is 211 cm³/mol. The Morgan fingerprint density at radius 1 is 0.962 bits per heavy atom. The smallest absolute Gasteiger partial charge is 0.336 e. The van der Waals surface area contributed by atoms with Gasteiger partial charge in [0.1, 0.15) is 11.9 Å². The fourth-order valence-electron chi connectivity index (χ4n) is 11.8. The Morgan fingerprint density at radius 2 is 1.64 bits per heavy atom. The van der Waals surface area contributed by atoms with E-state index in [0.717, 1.165) is 53.7 Å². The minimum absolute atomic E-state index is 0.0370. The molecule has 1 aromatic rings. The fraction of sp³-hybridized carbons (Fsp3) is 0.696. The van der Waals surface area contributed by atoms with E-state index in [2.05, 4.69) is 61.1 Å². The second-order valence-corrected chi connectivity index (χ2v) is 19.1. The highest BCUT2D eigenvalue weighted by molar-refractivity contribution is 5.90. The lowest BCUT2D eigenvalue weighted by Crippen LogP contribution is -2.65. The number of allylic oxidation sites excluding steroid dienone is 3. The first-order valence-electron chi connectivity index (χ1n) is 20.1. The Labute approximate surface area is 320 Å². The highest BCUT2D eigenvalue weighted by Gasteiger charge is 2.70. The summed E-state index contributed by atoms with van der Waals surface area (Å²) in [5, 5.41) is 12.5. The lowest BCUT2D eigenvalue weighted by Gasteiger charge is -2.69. The molecule has 7 nitrogen and oxygen atoms in total. The Bertz CT molecular complexity index is 1630. The van der Waals surface area contributed by atoms with Crippen LogP contribution in [0, 0.1) is 51.2 Å². The van der Waals surface area contributed by atoms with E-state index in [0.29, 0.717) is 48.3 Å². The van der Waals surface area contributed by atoms with Crippen molar-refractivity contribution in [2.75, 3.05) is 13.9 Å². The first-order chi connectivity index (χ1) is 24.7. The van der Waals surface area contributed by atoms with Crippen molar-refractivity contribution < 1.29 is 33.6 Å². The van der Waals surface area contributed by atoms with Crippen molar-refractivity contribution in [2.45, 2.75) is 140 Å². The first kappa shape index (κ1) is 41.1. The lowest BCUT2D eigenvalue weighted by atomic mass is 9.36. The summed E-state index contributed by atoms with van der Waals surface area (Å²) in [4.78, 5) is 27.2. The molecule has 10 atom stereocenters. The molecule has 0 radical (unpaired) electrons. The van der Waals surface area contributed by atoms with Crippen molar-refractivity contribution in [1.29, 1.82) is 0 Å². The number of para-hydroxylation sites is 1. The molecule has 1 unspecified atom stereocenters. The van der Waals surface area contributed by atoms with Crippen molar-refractivity contribution in [3.05, 3.63) is 58.9 Å². The molecule has 0 bridgehead atoms. The highest BCUT2D eigenvalue weighted by Crippen LogP contribution is 2.74. The van der Waals surface area contributed by atoms with E-state index in [1.54, 1.807) is 27.9 Å². The molecule has 294 valence electrons. The second-order valence-electron chi connectivity index (χ2n) is 19.1. The Kier molecular flexibility index (Phi) is 11.8. The molecule has 0 saturated heterocycles. The monoisotopic (exact) mass is 732 g/mol. The van der Waals surface area contributed by atoms with Gasteiger partial charge in [0.05, 0.1) is 24.4 Å². The molecule has 0 amide bonds. The van der Waals surface area contributed by atoms with Crippen molar-refractivity contribution in [1.82, 2.24) is 0 Å². The van der Waals surface area contributed by atoms with Crippen LogP contribution in [0.4, 0.5) is 0 Å². The molecule has 4 saturated carbocycles. The number of hydrogen-bond acceptors (Lipinski definition) is 7. The van der Waals surface area contributed by atoms with Crippen LogP contribution in [-0.2, 0) is 23.8 Å². The molecular weight excluding hydrogens is 664 g/mol. The van der Waals surface area contributed by atoms with Gasteiger partial charge in [0.2, 0.25) is 6.79 Å². The zero-order valence-corrected chi connectivity index (χ0v) is 34.8. The number of aliphatic hydroxyl groups excluding tert-OH is 1. The number of rotatable bonds is 10. The molecule has 1 N–H and O–H groups in total. The van der Waals surface area contributed by atoms with Gasteiger partial charge in [0.15, 0.2) is 0 Å². The Hall–Kier alpha value is -3.06. The summed E-state index contributed by atoms with van der Waals surface area (Å²) in [6.45, 7) is 27.2. The number of esters is 2. The van der Waals surface area contributed by atoms with E-state index >= 15 is 0 Å². The maximum atomic E-state index is 14.5. The van der Waals surface area contributed by atoms with Crippen molar-refractivity contribution in [3.8, 4) is 5.75 Å². The number of ether oxygens (including phenoxy) is 4. The zero-order chi connectivity index (χ0) is 39.3. The topological polar surface area (TPSA) is 91.3 Å². The molecule has 53 heavy (non-hydrogen) atoms. The third-order valence-corrected chi connectivity index (χ3v) is 14.7. The second kappa shape index (κ2) is 15.2. The zero-order valence-electron chi connectivity index (χ0n) is 34.8. The van der Waals surface area contributed by atoms with Gasteiger partial charge in [-0.25, -0.2) is 4.79 Å². The van der Waals surface area contributed by atoms with Crippen LogP contribution >= 0.6 is 0 Å². The summed E-state index contributed by atoms with van der Waals surface area (Å²) in [5.41, 5.74) is 3.53. The number of methoxy groups -OCH3 is 1. The van der Waals surface area contributed by atoms with Crippen molar-refractivity contribution >= 4 is 17.5 Å². The number of fused-ring (bicyclic) bond motifs is 5. The largest absolute Gasteiger partial charge is 0.496 e. The summed E-state index contributed by atoms with van der Waals surface area (Å²) in [6.07, 6.45) is 5.81. The number of hydrogen-bond donors (Lipinski definition) is 1. The van der Waals surface area contributed by atoms with Gasteiger partial charge in [-0.05, 0) is 156 Å². The van der Waals surface area contributed by atoms with E-state index < -0.39 is 36.4 Å². The van der Waals surface area contributed by atoms with Crippen molar-refractivity contribution in [2.24, 2.45) is 51.2 Å². The van der Waals surface area contributed by atoms with Crippen LogP contribution in [0.5, 0.6) is 5.75 Å². The summed E-state index contributed by atoms with van der Waals surface area (Å²) < 4.78 is 23.7. The van der Waals surface area contributed by atoms with Crippen LogP contribution in [0.25, 0.3) is 5.57 Å². The Morgan fingerprint density at radius 3 is 2.26 bits per heavy atom. The summed E-state index contributed by atoms with van der Waals surface area (Å²) in [5.74, 6) is 2.34. The molecule has 0 aromatic heterocycles. The SMILES string of the molecule is C=C(C)OC1C[C@@]2(C)[C@@H](C[C@@H](O)[C@H]3[C@@]4(C)CC[C@@H](C)[C@H](C)[C@@H]4CC[C@@]32C)/C1=C(\CCC(=C(C)C)c1ccccc1OC)C(=O)OCOC(=O)C(C)(C)C. The molecule has 1 aromatic carbocycles. The molecule has 5 rings (SSSR count). The molecule has 0 heterocycles. The lowest BCUT2D eigenvalue weighted by molar-refractivity contribution is -0.229. The fourth-order valence-corrected chi connectivity index (χ4v) is 11.8. The number of carbonyl (C=O) groups excluding carboxylic acids is 2. The van der Waals surface area contributed by atoms with Crippen LogP contribution in [0.2, 0.25) is 0 Å². The van der Waals surface area contributed by atoms with Gasteiger partial charge in [-0.2, -0.15) is 0 Å². The molecule has 7 heteroatoms. The molecule has 4 aliphatic rings. The van der Waals surface area contributed by atoms with Gasteiger partial charge in [0, 0.05) is 11.1 Å². The average Bonchev–Trinajstić information content (AvgIpc) is 3.35. The van der Waals surface area contributed by atoms with Gasteiger partial charge < -0.3 is 24.1 Å². The van der Waals surface area contributed by atoms with E-state index in [-0.39, 0.29) is 28.1 Å². The summed E-state index contributed by atoms with van der Waals surface area (Å²) >= 11 is 0. The van der Waals surface area contributed by atoms with Crippen molar-refractivity contribution in [3.63, 3.8) is 0 Å². The maximum Gasteiger partial charge on any atom is 0.336 e. The average molecular weight is 733 g/mol. The van der Waals surface area contributed by atoms with Gasteiger partial charge in [-0.1, -0.05) is 65.0 Å². The summed E-state index contributed by atoms with van der Waals surface area (Å²) in [7, 11) is 1.68. The van der Waals surface area contributed by atoms with E-state index in [1.807, 2.05) is 25.1 Å². The highest BCUT2D eigenvalue weighted by atomic mass is 16.7. The summed E-state index contributed by atoms with van der Waals surface area (Å²) in [6, 6.07) is 7.97. The third kappa shape index (κ3) is 7.37. The Balaban J connectivity index is 1.61. The standard InChI is InChI=1S/C46H68O7/c1-27(2)31(32-16-14-15-17-37(32)50-13)18-19-33(41(48)51-26-52-42(49)43(7,8)9)39-35-24-36(47)40-44(10)22-20-29(5)30(6)34(44)21-23-45(40,11)46(35,12)25-38(39)53-28(3)4/h14-17,29-30,34-36,38,40,47H,3,18-26H2,1-2,4-13H3/b39-33-/t29-,30+,34+,35+,36-,38?,40+,44+,45+,46+/m1/s1. The molecule has 4 aliphatic carbocycles. The van der Waals surface area contributed by atoms with Crippen LogP contribution in [0.3, 0.4) is 0 Å². The molecule has 4 fully saturated rings. The minimum Gasteiger partial charge on any atom is -0.496 e. The van der Waals surface area contributed by atoms with Gasteiger partial charge in [0.25, 0.3) is 0 Å². The number of benzene rings is 1. The van der Waals surface area contributed by atoms with Crippen LogP contribution in [0.15, 0.2) is 53.3 Å². The number of aliphatic hydroxyl groups is 1. The molecular formula is C46H68O7. The van der Waals surface area contributed by atoms with Crippen LogP contribution in [0.1, 0.15) is 133 Å². The van der Waals surface area contributed by atoms with E-state index in [4.69, 9.17) is 18.9 Å². The maximum absolute atomic E-state index is 14.5. The number of carbonyl (C=O) groups is 2. The van der Waals surface area contributed by atoms with Crippen LogP contribution < -0.4 is 4.74 Å². The van der Waals surface area contributed by atoms with Gasteiger partial charge >= 0.3 is 11.9 Å². The van der Waals surface area contributed by atoms with Crippen LogP contribution in [-0.4, -0.2) is 43.2 Å². The van der Waals surface area contributed by atoms with E-state index in [9.17, 15) is 14.7 Å². The first-order valence-corrected chi connectivity index (χ1v) is 20.1. The van der Waals surface area contributed by atoms with E-state index in [1.165, 1.54) is 6.42 Å². The third-order valence-electron chi connectivity index (χ3n) is 14.7. The quantitative estimate of drug-likeness (QED) is 0.111. The van der Waals surface area contributed by atoms with Gasteiger partial charge in [-0.15, -0.1) is 0 Å². The molecule has 0 aliphatic heterocycles. The minimum atomic E-state index is -0.734. The normalized spacial score (nSPS) is 35.9. The predicted octanol–water partition coefficient (Wildman–Crippen LogP) is 10.5. The molecule has 0 spiro atoms.